The van der Waals surface area contributed by atoms with Gasteiger partial charge in [-0.25, -0.2) is 22.2 Å². The number of aromatic nitrogens is 3. The summed E-state index contributed by atoms with van der Waals surface area (Å²) in [5, 5.41) is 0.711. The molecule has 0 atom stereocenters. The lowest BCUT2D eigenvalue weighted by molar-refractivity contribution is 0.0240. The summed E-state index contributed by atoms with van der Waals surface area (Å²) < 4.78 is 39.9. The van der Waals surface area contributed by atoms with Gasteiger partial charge in [0.15, 0.2) is 5.65 Å². The fourth-order valence-corrected chi connectivity index (χ4v) is 6.81. The first-order valence-electron chi connectivity index (χ1n) is 13.1. The van der Waals surface area contributed by atoms with E-state index in [0.29, 0.717) is 43.1 Å². The molecule has 1 amide bonds. The van der Waals surface area contributed by atoms with Crippen LogP contribution in [0.15, 0.2) is 59.8 Å². The van der Waals surface area contributed by atoms with E-state index in [1.165, 1.54) is 3.97 Å². The Bertz CT molecular complexity index is 1710. The van der Waals surface area contributed by atoms with Gasteiger partial charge in [0, 0.05) is 58.7 Å². The molecule has 1 saturated heterocycles. The van der Waals surface area contributed by atoms with Gasteiger partial charge in [-0.3, -0.25) is 0 Å². The Morgan fingerprint density at radius 2 is 1.71 bits per heavy atom. The van der Waals surface area contributed by atoms with E-state index in [1.54, 1.807) is 48.7 Å². The van der Waals surface area contributed by atoms with Crippen LogP contribution in [0.25, 0.3) is 22.2 Å². The number of carbonyl (C=O) groups excluding carboxylic acids is 1. The number of carbonyl (C=O) groups is 1. The number of amides is 1. The maximum atomic E-state index is 13.4. The van der Waals surface area contributed by atoms with Crippen LogP contribution in [0, 0.1) is 10.5 Å². The lowest BCUT2D eigenvalue weighted by Crippen LogP contribution is -2.50. The predicted octanol–water partition coefficient (Wildman–Crippen LogP) is 5.31. The number of rotatable bonds is 5. The van der Waals surface area contributed by atoms with Gasteiger partial charge in [0.2, 0.25) is 5.88 Å². The second-order valence-electron chi connectivity index (χ2n) is 10.9. The van der Waals surface area contributed by atoms with Crippen LogP contribution in [0.4, 0.5) is 10.6 Å². The normalized spacial score (nSPS) is 14.4. The van der Waals surface area contributed by atoms with Gasteiger partial charge in [0.25, 0.3) is 10.0 Å². The molecule has 1 aliphatic heterocycles. The molecule has 0 saturated carbocycles. The number of fused-ring (bicyclic) bond motifs is 1. The molecular weight excluding hydrogens is 657 g/mol. The molecule has 216 valence electrons. The van der Waals surface area contributed by atoms with Crippen molar-refractivity contribution in [3.05, 3.63) is 64.0 Å². The van der Waals surface area contributed by atoms with E-state index < -0.39 is 15.6 Å². The van der Waals surface area contributed by atoms with Crippen molar-refractivity contribution in [3.8, 4) is 17.0 Å². The first-order chi connectivity index (χ1) is 19.4. The summed E-state index contributed by atoms with van der Waals surface area (Å²) in [5.41, 5.74) is 2.29. The fourth-order valence-electron chi connectivity index (χ4n) is 4.62. The number of piperazine rings is 1. The highest BCUT2D eigenvalue weighted by molar-refractivity contribution is 14.1. The van der Waals surface area contributed by atoms with Gasteiger partial charge in [-0.15, -0.1) is 0 Å². The van der Waals surface area contributed by atoms with Crippen molar-refractivity contribution in [1.82, 2.24) is 18.8 Å². The van der Waals surface area contributed by atoms with E-state index in [-0.39, 0.29) is 11.0 Å². The summed E-state index contributed by atoms with van der Waals surface area (Å²) in [6.07, 6.45) is 2.92. The third-order valence-electron chi connectivity index (χ3n) is 6.75. The highest BCUT2D eigenvalue weighted by Crippen LogP contribution is 2.34. The zero-order chi connectivity index (χ0) is 29.5. The first kappa shape index (κ1) is 29.1. The molecule has 0 N–H and O–H groups in total. The number of halogens is 1. The molecule has 1 fully saturated rings. The molecule has 0 aliphatic carbocycles. The molecule has 41 heavy (non-hydrogen) atoms. The molecule has 3 aromatic heterocycles. The van der Waals surface area contributed by atoms with Crippen molar-refractivity contribution < 1.29 is 22.7 Å². The topological polar surface area (TPSA) is 107 Å². The molecule has 5 rings (SSSR count). The Kier molecular flexibility index (Phi) is 7.90. The zero-order valence-corrected chi connectivity index (χ0v) is 26.6. The number of benzene rings is 1. The van der Waals surface area contributed by atoms with Crippen molar-refractivity contribution in [2.24, 2.45) is 0 Å². The maximum Gasteiger partial charge on any atom is 0.410 e. The number of hydrogen-bond acceptors (Lipinski definition) is 8. The Hall–Kier alpha value is -3.39. The van der Waals surface area contributed by atoms with Crippen molar-refractivity contribution in [2.45, 2.75) is 38.2 Å². The molecule has 0 radical (unpaired) electrons. The quantitative estimate of drug-likeness (QED) is 0.260. The van der Waals surface area contributed by atoms with Crippen LogP contribution < -0.4 is 9.64 Å². The maximum absolute atomic E-state index is 13.4. The van der Waals surface area contributed by atoms with E-state index in [9.17, 15) is 13.2 Å². The average molecular weight is 690 g/mol. The molecular formula is C29H32IN5O5S. The summed E-state index contributed by atoms with van der Waals surface area (Å²) in [6.45, 7) is 9.77. The highest BCUT2D eigenvalue weighted by Gasteiger charge is 2.27. The minimum atomic E-state index is -3.81. The van der Waals surface area contributed by atoms with Crippen molar-refractivity contribution in [1.29, 1.82) is 0 Å². The lowest BCUT2D eigenvalue weighted by atomic mass is 10.1. The standard InChI is InChI=1S/C29H32IN5O5S/c1-19-6-8-21(9-7-19)41(37,38)35-18-24(30)23-16-20(17-31-26(23)35)22-10-11-25(32-27(22)39-5)33-12-14-34(15-13-33)28(36)40-29(2,3)4/h6-11,16-18H,12-15H2,1-5H3. The monoisotopic (exact) mass is 689 g/mol. The largest absolute Gasteiger partial charge is 0.480 e. The molecule has 4 aromatic rings. The minimum Gasteiger partial charge on any atom is -0.480 e. The fraction of sp³-hybridized carbons (Fsp3) is 0.345. The Morgan fingerprint density at radius 3 is 2.34 bits per heavy atom. The van der Waals surface area contributed by atoms with E-state index in [2.05, 4.69) is 32.5 Å². The summed E-state index contributed by atoms with van der Waals surface area (Å²) in [7, 11) is -2.25. The van der Waals surface area contributed by atoms with Crippen molar-refractivity contribution in [3.63, 3.8) is 0 Å². The van der Waals surface area contributed by atoms with Crippen LogP contribution >= 0.6 is 22.6 Å². The number of anilines is 1. The molecule has 4 heterocycles. The Balaban J connectivity index is 1.40. The molecule has 10 nitrogen and oxygen atoms in total. The van der Waals surface area contributed by atoms with Crippen molar-refractivity contribution in [2.75, 3.05) is 38.2 Å². The summed E-state index contributed by atoms with van der Waals surface area (Å²) in [4.78, 5) is 25.8. The van der Waals surface area contributed by atoms with Crippen LogP contribution in [-0.2, 0) is 14.8 Å². The molecule has 12 heteroatoms. The molecule has 1 aromatic carbocycles. The third-order valence-corrected chi connectivity index (χ3v) is 9.27. The van der Waals surface area contributed by atoms with Crippen LogP contribution in [0.5, 0.6) is 5.88 Å². The van der Waals surface area contributed by atoms with Crippen LogP contribution in [0.2, 0.25) is 0 Å². The average Bonchev–Trinajstić information content (AvgIpc) is 3.28. The van der Waals surface area contributed by atoms with Crippen LogP contribution in [0.3, 0.4) is 0 Å². The molecule has 0 spiro atoms. The van der Waals surface area contributed by atoms with Gasteiger partial charge in [-0.2, -0.15) is 4.98 Å². The van der Waals surface area contributed by atoms with Gasteiger partial charge in [0.1, 0.15) is 11.4 Å². The summed E-state index contributed by atoms with van der Waals surface area (Å²) >= 11 is 2.13. The van der Waals surface area contributed by atoms with E-state index >= 15 is 0 Å². The van der Waals surface area contributed by atoms with Gasteiger partial charge >= 0.3 is 6.09 Å². The Morgan fingerprint density at radius 1 is 1.02 bits per heavy atom. The van der Waals surface area contributed by atoms with Gasteiger partial charge < -0.3 is 19.3 Å². The smallest absolute Gasteiger partial charge is 0.410 e. The Labute approximate surface area is 253 Å². The van der Waals surface area contributed by atoms with Gasteiger partial charge in [0.05, 0.1) is 12.0 Å². The first-order valence-corrected chi connectivity index (χ1v) is 15.7. The van der Waals surface area contributed by atoms with Crippen LogP contribution in [0.1, 0.15) is 26.3 Å². The van der Waals surface area contributed by atoms with Gasteiger partial charge in [-0.1, -0.05) is 17.7 Å². The SMILES string of the molecule is COc1nc(N2CCN(C(=O)OC(C)(C)C)CC2)ccc1-c1cnc2c(c1)c(I)cn2S(=O)(=O)c1ccc(C)cc1. The number of nitrogens with zero attached hydrogens (tertiary/aromatic N) is 5. The van der Waals surface area contributed by atoms with E-state index in [1.807, 2.05) is 45.9 Å². The number of aryl methyl sites for hydroxylation is 1. The minimum absolute atomic E-state index is 0.204. The summed E-state index contributed by atoms with van der Waals surface area (Å²) in [6, 6.07) is 12.5. The van der Waals surface area contributed by atoms with Gasteiger partial charge in [-0.05, 0) is 80.6 Å². The number of pyridine rings is 2. The van der Waals surface area contributed by atoms with E-state index in [4.69, 9.17) is 14.5 Å². The number of hydrogen-bond donors (Lipinski definition) is 0. The second-order valence-corrected chi connectivity index (χ2v) is 13.8. The second kappa shape index (κ2) is 11.1. The summed E-state index contributed by atoms with van der Waals surface area (Å²) in [5.74, 6) is 1.17. The van der Waals surface area contributed by atoms with E-state index in [0.717, 1.165) is 26.1 Å². The lowest BCUT2D eigenvalue weighted by Gasteiger charge is -2.36. The molecule has 1 aliphatic rings. The number of methoxy groups -OCH3 is 1. The highest BCUT2D eigenvalue weighted by atomic mass is 127. The third kappa shape index (κ3) is 5.98. The number of ether oxygens (including phenoxy) is 2. The van der Waals surface area contributed by atoms with Crippen molar-refractivity contribution >= 4 is 55.6 Å². The zero-order valence-electron chi connectivity index (χ0n) is 23.6. The van der Waals surface area contributed by atoms with Crippen LogP contribution in [-0.4, -0.2) is 72.2 Å². The molecule has 0 bridgehead atoms. The predicted molar refractivity (Wildman–Crippen MR) is 166 cm³/mol. The molecule has 0 unspecified atom stereocenters.